The minimum atomic E-state index is 0.244. The molecule has 1 aliphatic carbocycles. The first-order valence-electron chi connectivity index (χ1n) is 8.31. The molecule has 112 valence electrons. The van der Waals surface area contributed by atoms with Gasteiger partial charge in [-0.05, 0) is 49.9 Å². The van der Waals surface area contributed by atoms with Crippen LogP contribution in [0.2, 0.25) is 0 Å². The Labute approximate surface area is 119 Å². The summed E-state index contributed by atoms with van der Waals surface area (Å²) in [7, 11) is 0. The second kappa shape index (κ2) is 6.13. The van der Waals surface area contributed by atoms with Gasteiger partial charge in [0.05, 0.1) is 5.60 Å². The molecule has 0 aromatic carbocycles. The fraction of sp³-hybridized carbons (Fsp3) is 1.00. The minimum absolute atomic E-state index is 0.244. The third-order valence-corrected chi connectivity index (χ3v) is 5.36. The molecule has 0 radical (unpaired) electrons. The van der Waals surface area contributed by atoms with Crippen molar-refractivity contribution in [2.75, 3.05) is 6.61 Å². The van der Waals surface area contributed by atoms with Crippen LogP contribution in [0.1, 0.15) is 78.6 Å². The largest absolute Gasteiger partial charge is 0.375 e. The zero-order valence-corrected chi connectivity index (χ0v) is 13.2. The molecule has 0 bridgehead atoms. The van der Waals surface area contributed by atoms with Gasteiger partial charge in [-0.1, -0.05) is 40.0 Å². The minimum Gasteiger partial charge on any atom is -0.375 e. The van der Waals surface area contributed by atoms with E-state index in [1.807, 2.05) is 0 Å². The summed E-state index contributed by atoms with van der Waals surface area (Å²) in [4.78, 5) is 0. The highest BCUT2D eigenvalue weighted by Gasteiger charge is 2.38. The highest BCUT2D eigenvalue weighted by molar-refractivity contribution is 4.90. The number of ether oxygens (including phenoxy) is 1. The predicted molar refractivity (Wildman–Crippen MR) is 81.2 cm³/mol. The molecule has 0 amide bonds. The van der Waals surface area contributed by atoms with E-state index in [0.29, 0.717) is 6.04 Å². The summed E-state index contributed by atoms with van der Waals surface area (Å²) in [6, 6.07) is 0.331. The van der Waals surface area contributed by atoms with E-state index in [9.17, 15) is 0 Å². The van der Waals surface area contributed by atoms with Crippen LogP contribution in [0.15, 0.2) is 0 Å². The van der Waals surface area contributed by atoms with E-state index >= 15 is 0 Å². The van der Waals surface area contributed by atoms with Crippen molar-refractivity contribution in [3.05, 3.63) is 0 Å². The second-order valence-electron chi connectivity index (χ2n) is 8.00. The van der Waals surface area contributed by atoms with Gasteiger partial charge in [0, 0.05) is 12.6 Å². The fourth-order valence-corrected chi connectivity index (χ4v) is 3.77. The molecular formula is C17H33NO. The Kier molecular flexibility index (Phi) is 4.94. The molecule has 2 fully saturated rings. The van der Waals surface area contributed by atoms with Crippen molar-refractivity contribution < 1.29 is 4.74 Å². The predicted octanol–water partition coefficient (Wildman–Crippen LogP) is 4.27. The van der Waals surface area contributed by atoms with E-state index in [-0.39, 0.29) is 11.0 Å². The van der Waals surface area contributed by atoms with E-state index in [4.69, 9.17) is 10.5 Å². The molecule has 2 unspecified atom stereocenters. The summed E-state index contributed by atoms with van der Waals surface area (Å²) in [6.07, 6.45) is 11.8. The van der Waals surface area contributed by atoms with Crippen molar-refractivity contribution in [2.24, 2.45) is 17.1 Å². The van der Waals surface area contributed by atoms with Gasteiger partial charge in [0.1, 0.15) is 0 Å². The van der Waals surface area contributed by atoms with Gasteiger partial charge in [-0.2, -0.15) is 0 Å². The third-order valence-electron chi connectivity index (χ3n) is 5.36. The molecule has 1 aliphatic heterocycles. The lowest BCUT2D eigenvalue weighted by atomic mass is 9.74. The Morgan fingerprint density at radius 1 is 1.21 bits per heavy atom. The molecule has 1 heterocycles. The Hall–Kier alpha value is -0.0800. The summed E-state index contributed by atoms with van der Waals surface area (Å²) < 4.78 is 6.18. The molecule has 1 saturated heterocycles. The second-order valence-corrected chi connectivity index (χ2v) is 8.00. The van der Waals surface area contributed by atoms with Gasteiger partial charge in [0.15, 0.2) is 0 Å². The summed E-state index contributed by atoms with van der Waals surface area (Å²) >= 11 is 0. The zero-order chi connectivity index (χ0) is 13.9. The van der Waals surface area contributed by atoms with Gasteiger partial charge in [-0.25, -0.2) is 0 Å². The maximum atomic E-state index is 6.31. The van der Waals surface area contributed by atoms with Crippen molar-refractivity contribution in [1.82, 2.24) is 0 Å². The van der Waals surface area contributed by atoms with Crippen LogP contribution < -0.4 is 5.73 Å². The topological polar surface area (TPSA) is 35.2 Å². The van der Waals surface area contributed by atoms with Crippen LogP contribution in [0.5, 0.6) is 0 Å². The zero-order valence-electron chi connectivity index (χ0n) is 13.2. The van der Waals surface area contributed by atoms with Crippen molar-refractivity contribution in [1.29, 1.82) is 0 Å². The standard InChI is InChI=1S/C17H33NO/c1-16(2,3)15(18)8-7-14-9-12-19-17(13-14)10-5-4-6-11-17/h14-15H,4-13,18H2,1-3H3. The first-order chi connectivity index (χ1) is 8.91. The Morgan fingerprint density at radius 2 is 1.89 bits per heavy atom. The molecule has 2 rings (SSSR count). The molecule has 2 heteroatoms. The summed E-state index contributed by atoms with van der Waals surface area (Å²) in [5.41, 5.74) is 6.81. The molecule has 1 spiro atoms. The summed E-state index contributed by atoms with van der Waals surface area (Å²) in [6.45, 7) is 7.74. The van der Waals surface area contributed by atoms with Crippen LogP contribution in [-0.2, 0) is 4.74 Å². The molecule has 2 atom stereocenters. The summed E-state index contributed by atoms with van der Waals surface area (Å²) in [5.74, 6) is 0.847. The third kappa shape index (κ3) is 4.19. The molecule has 0 aromatic heterocycles. The van der Waals surface area contributed by atoms with E-state index in [0.717, 1.165) is 12.5 Å². The number of hydrogen-bond donors (Lipinski definition) is 1. The van der Waals surface area contributed by atoms with Crippen LogP contribution in [0.4, 0.5) is 0 Å². The van der Waals surface area contributed by atoms with E-state index in [1.54, 1.807) is 0 Å². The van der Waals surface area contributed by atoms with Crippen LogP contribution in [-0.4, -0.2) is 18.2 Å². The van der Waals surface area contributed by atoms with Gasteiger partial charge in [-0.3, -0.25) is 0 Å². The molecule has 19 heavy (non-hydrogen) atoms. The lowest BCUT2D eigenvalue weighted by Gasteiger charge is -2.44. The first kappa shape index (κ1) is 15.3. The van der Waals surface area contributed by atoms with Crippen LogP contribution in [0.25, 0.3) is 0 Å². The van der Waals surface area contributed by atoms with Crippen molar-refractivity contribution in [3.8, 4) is 0 Å². The molecule has 2 N–H and O–H groups in total. The SMILES string of the molecule is CC(C)(C)C(N)CCC1CCOC2(CCCCC2)C1. The molecular weight excluding hydrogens is 234 g/mol. The molecule has 2 aliphatic rings. The first-order valence-corrected chi connectivity index (χ1v) is 8.31. The molecule has 0 aromatic rings. The number of nitrogens with two attached hydrogens (primary N) is 1. The normalized spacial score (nSPS) is 29.4. The van der Waals surface area contributed by atoms with E-state index in [2.05, 4.69) is 20.8 Å². The fourth-order valence-electron chi connectivity index (χ4n) is 3.77. The van der Waals surface area contributed by atoms with Gasteiger partial charge < -0.3 is 10.5 Å². The van der Waals surface area contributed by atoms with Crippen LogP contribution in [0, 0.1) is 11.3 Å². The average Bonchev–Trinajstić information content (AvgIpc) is 2.36. The average molecular weight is 267 g/mol. The molecule has 2 nitrogen and oxygen atoms in total. The van der Waals surface area contributed by atoms with E-state index in [1.165, 1.54) is 57.8 Å². The van der Waals surface area contributed by atoms with Gasteiger partial charge in [-0.15, -0.1) is 0 Å². The highest BCUT2D eigenvalue weighted by atomic mass is 16.5. The Bertz CT molecular complexity index is 270. The van der Waals surface area contributed by atoms with Crippen LogP contribution >= 0.6 is 0 Å². The van der Waals surface area contributed by atoms with Crippen molar-refractivity contribution in [2.45, 2.75) is 90.2 Å². The van der Waals surface area contributed by atoms with Crippen LogP contribution in [0.3, 0.4) is 0 Å². The Morgan fingerprint density at radius 3 is 2.53 bits per heavy atom. The smallest absolute Gasteiger partial charge is 0.0685 e. The monoisotopic (exact) mass is 267 g/mol. The number of hydrogen-bond acceptors (Lipinski definition) is 2. The van der Waals surface area contributed by atoms with Gasteiger partial charge >= 0.3 is 0 Å². The Balaban J connectivity index is 1.81. The van der Waals surface area contributed by atoms with Crippen molar-refractivity contribution in [3.63, 3.8) is 0 Å². The highest BCUT2D eigenvalue weighted by Crippen LogP contribution is 2.42. The lowest BCUT2D eigenvalue weighted by molar-refractivity contribution is -0.118. The van der Waals surface area contributed by atoms with Gasteiger partial charge in [0.25, 0.3) is 0 Å². The maximum absolute atomic E-state index is 6.31. The maximum Gasteiger partial charge on any atom is 0.0685 e. The number of rotatable bonds is 3. The summed E-state index contributed by atoms with van der Waals surface area (Å²) in [5, 5.41) is 0. The van der Waals surface area contributed by atoms with Crippen molar-refractivity contribution >= 4 is 0 Å². The molecule has 1 saturated carbocycles. The van der Waals surface area contributed by atoms with Gasteiger partial charge in [0.2, 0.25) is 0 Å². The van der Waals surface area contributed by atoms with E-state index < -0.39 is 0 Å². The quantitative estimate of drug-likeness (QED) is 0.829. The lowest BCUT2D eigenvalue weighted by Crippen LogP contribution is -2.42.